The third kappa shape index (κ3) is 2.49. The molecular weight excluding hydrogens is 274 g/mol. The van der Waals surface area contributed by atoms with E-state index < -0.39 is 21.2 Å². The summed E-state index contributed by atoms with van der Waals surface area (Å²) in [6.07, 6.45) is -1.42. The Bertz CT molecular complexity index is 572. The Hall–Kier alpha value is -1.80. The summed E-state index contributed by atoms with van der Waals surface area (Å²) in [5.74, 6) is 0.263. The smallest absolute Gasteiger partial charge is 0.421 e. The highest BCUT2D eigenvalue weighted by Gasteiger charge is 2.50. The molecule has 1 aromatic rings. The maximum absolute atomic E-state index is 11.9. The van der Waals surface area contributed by atoms with Gasteiger partial charge in [0.1, 0.15) is 5.75 Å². The van der Waals surface area contributed by atoms with Crippen molar-refractivity contribution in [2.45, 2.75) is 18.5 Å². The third-order valence-electron chi connectivity index (χ3n) is 2.57. The van der Waals surface area contributed by atoms with E-state index in [0.717, 1.165) is 0 Å². The minimum absolute atomic E-state index is 0.0147. The van der Waals surface area contributed by atoms with Crippen molar-refractivity contribution in [3.63, 3.8) is 0 Å². The zero-order chi connectivity index (χ0) is 14.1. The van der Waals surface area contributed by atoms with Crippen LogP contribution in [0.2, 0.25) is 0 Å². The predicted octanol–water partition coefficient (Wildman–Crippen LogP) is 0.343. The number of carbonyl (C=O) groups is 1. The Kier molecular flexibility index (Phi) is 3.38. The molecule has 1 aliphatic rings. The van der Waals surface area contributed by atoms with Crippen molar-refractivity contribution in [3.8, 4) is 5.75 Å². The van der Waals surface area contributed by atoms with Crippen molar-refractivity contribution < 1.29 is 27.8 Å². The fraction of sp³-hybridized carbons (Fsp3) is 0.364. The zero-order valence-electron chi connectivity index (χ0n) is 10.1. The number of aliphatic hydroxyl groups is 1. The Labute approximate surface area is 110 Å². The standard InChI is InChI=1S/C11H13NO6S/c1-2-17-10(13)12-19(15,16)11(14)7-8-5-3-4-6-9(8)18-11/h3-6,14H,2,7H2,1H3,(H,12,13). The highest BCUT2D eigenvalue weighted by Crippen LogP contribution is 2.35. The summed E-state index contributed by atoms with van der Waals surface area (Å²) in [7, 11) is -4.44. The summed E-state index contributed by atoms with van der Waals surface area (Å²) < 4.78 is 35.0. The molecule has 19 heavy (non-hydrogen) atoms. The summed E-state index contributed by atoms with van der Waals surface area (Å²) in [6.45, 7) is 1.55. The van der Waals surface area contributed by atoms with E-state index in [1.165, 1.54) is 13.0 Å². The van der Waals surface area contributed by atoms with Gasteiger partial charge in [-0.2, -0.15) is 8.42 Å². The number of sulfonamides is 1. The van der Waals surface area contributed by atoms with Gasteiger partial charge in [-0.15, -0.1) is 0 Å². The fourth-order valence-corrected chi connectivity index (χ4v) is 2.68. The maximum atomic E-state index is 11.9. The van der Waals surface area contributed by atoms with Gasteiger partial charge in [0.2, 0.25) is 0 Å². The highest BCUT2D eigenvalue weighted by molar-refractivity contribution is 7.91. The summed E-state index contributed by atoms with van der Waals surface area (Å²) in [5, 5.41) is 7.57. The average molecular weight is 287 g/mol. The van der Waals surface area contributed by atoms with Gasteiger partial charge in [-0.3, -0.25) is 0 Å². The second kappa shape index (κ2) is 4.71. The number of hydrogen-bond donors (Lipinski definition) is 2. The second-order valence-electron chi connectivity index (χ2n) is 3.93. The molecular formula is C11H13NO6S. The van der Waals surface area contributed by atoms with Crippen LogP contribution in [0.4, 0.5) is 4.79 Å². The van der Waals surface area contributed by atoms with E-state index in [1.807, 2.05) is 0 Å². The number of para-hydroxylation sites is 1. The maximum Gasteiger partial charge on any atom is 0.421 e. The number of carbonyl (C=O) groups excluding carboxylic acids is 1. The van der Waals surface area contributed by atoms with Gasteiger partial charge in [-0.25, -0.2) is 9.52 Å². The van der Waals surface area contributed by atoms with Crippen LogP contribution in [0.1, 0.15) is 12.5 Å². The van der Waals surface area contributed by atoms with Crippen LogP contribution in [0.3, 0.4) is 0 Å². The summed E-state index contributed by atoms with van der Waals surface area (Å²) in [4.78, 5) is 11.2. The molecule has 0 fully saturated rings. The van der Waals surface area contributed by atoms with Gasteiger partial charge in [0.15, 0.2) is 0 Å². The Morgan fingerprint density at radius 1 is 1.53 bits per heavy atom. The lowest BCUT2D eigenvalue weighted by Crippen LogP contribution is -2.51. The van der Waals surface area contributed by atoms with Crippen LogP contribution < -0.4 is 9.46 Å². The van der Waals surface area contributed by atoms with Crippen molar-refractivity contribution in [2.75, 3.05) is 6.61 Å². The van der Waals surface area contributed by atoms with Crippen LogP contribution in [0.5, 0.6) is 5.75 Å². The monoisotopic (exact) mass is 287 g/mol. The van der Waals surface area contributed by atoms with Crippen molar-refractivity contribution in [3.05, 3.63) is 29.8 Å². The van der Waals surface area contributed by atoms with Crippen LogP contribution >= 0.6 is 0 Å². The first kappa shape index (κ1) is 13.6. The SMILES string of the molecule is CCOC(=O)NS(=O)(=O)C1(O)Cc2ccccc2O1. The van der Waals surface area contributed by atoms with Crippen LogP contribution in [0.25, 0.3) is 0 Å². The highest BCUT2D eigenvalue weighted by atomic mass is 32.2. The first-order valence-electron chi connectivity index (χ1n) is 5.56. The molecule has 1 aromatic carbocycles. The minimum atomic E-state index is -4.44. The van der Waals surface area contributed by atoms with E-state index in [2.05, 4.69) is 4.74 Å². The van der Waals surface area contributed by atoms with Gasteiger partial charge in [0.25, 0.3) is 0 Å². The molecule has 1 amide bonds. The largest absolute Gasteiger partial charge is 0.449 e. The van der Waals surface area contributed by atoms with Gasteiger partial charge in [-0.05, 0) is 13.0 Å². The molecule has 0 spiro atoms. The molecule has 0 saturated carbocycles. The number of ether oxygens (including phenoxy) is 2. The van der Waals surface area contributed by atoms with Crippen LogP contribution in [-0.2, 0) is 21.2 Å². The fourth-order valence-electron chi connectivity index (χ4n) is 1.70. The normalized spacial score (nSPS) is 21.4. The molecule has 0 bridgehead atoms. The lowest BCUT2D eigenvalue weighted by molar-refractivity contribution is -0.0448. The molecule has 1 aliphatic heterocycles. The van der Waals surface area contributed by atoms with Crippen molar-refractivity contribution in [1.82, 2.24) is 4.72 Å². The number of fused-ring (bicyclic) bond motifs is 1. The van der Waals surface area contributed by atoms with Crippen molar-refractivity contribution in [1.29, 1.82) is 0 Å². The summed E-state index contributed by atoms with van der Waals surface area (Å²) in [5.41, 5.74) is 0.541. The molecule has 7 nitrogen and oxygen atoms in total. The molecule has 104 valence electrons. The first-order valence-corrected chi connectivity index (χ1v) is 7.05. The zero-order valence-corrected chi connectivity index (χ0v) is 10.9. The molecule has 2 N–H and O–H groups in total. The molecule has 0 saturated heterocycles. The topological polar surface area (TPSA) is 102 Å². The molecule has 2 rings (SSSR count). The van der Waals surface area contributed by atoms with E-state index in [0.29, 0.717) is 5.56 Å². The van der Waals surface area contributed by atoms with Gasteiger partial charge in [0, 0.05) is 5.56 Å². The van der Waals surface area contributed by atoms with Gasteiger partial charge >= 0.3 is 21.2 Å². The van der Waals surface area contributed by atoms with E-state index in [1.54, 1.807) is 22.9 Å². The van der Waals surface area contributed by atoms with E-state index in [-0.39, 0.29) is 18.8 Å². The lowest BCUT2D eigenvalue weighted by atomic mass is 10.2. The predicted molar refractivity (Wildman–Crippen MR) is 64.8 cm³/mol. The summed E-state index contributed by atoms with van der Waals surface area (Å²) in [6, 6.07) is 6.51. The Balaban J connectivity index is 2.21. The number of nitrogens with one attached hydrogen (secondary N) is 1. The van der Waals surface area contributed by atoms with Crippen LogP contribution in [0, 0.1) is 0 Å². The average Bonchev–Trinajstić information content (AvgIpc) is 2.66. The Morgan fingerprint density at radius 3 is 2.84 bits per heavy atom. The molecule has 0 aromatic heterocycles. The van der Waals surface area contributed by atoms with Gasteiger partial charge in [-0.1, -0.05) is 18.2 Å². The van der Waals surface area contributed by atoms with Gasteiger partial charge in [0.05, 0.1) is 13.0 Å². The van der Waals surface area contributed by atoms with E-state index in [9.17, 15) is 18.3 Å². The van der Waals surface area contributed by atoms with Gasteiger partial charge < -0.3 is 14.6 Å². The van der Waals surface area contributed by atoms with Crippen molar-refractivity contribution >= 4 is 16.1 Å². The third-order valence-corrected chi connectivity index (χ3v) is 4.07. The minimum Gasteiger partial charge on any atom is -0.449 e. The molecule has 1 atom stereocenters. The van der Waals surface area contributed by atoms with Crippen LogP contribution in [-0.4, -0.2) is 31.3 Å². The Morgan fingerprint density at radius 2 is 2.21 bits per heavy atom. The molecule has 0 aliphatic carbocycles. The number of rotatable bonds is 3. The number of hydrogen-bond acceptors (Lipinski definition) is 6. The van der Waals surface area contributed by atoms with Crippen LogP contribution in [0.15, 0.2) is 24.3 Å². The van der Waals surface area contributed by atoms with E-state index >= 15 is 0 Å². The number of amides is 1. The lowest BCUT2D eigenvalue weighted by Gasteiger charge is -2.21. The second-order valence-corrected chi connectivity index (χ2v) is 5.77. The summed E-state index contributed by atoms with van der Waals surface area (Å²) >= 11 is 0. The van der Waals surface area contributed by atoms with E-state index in [4.69, 9.17) is 4.74 Å². The molecule has 1 unspecified atom stereocenters. The molecule has 0 radical (unpaired) electrons. The number of benzene rings is 1. The molecule has 8 heteroatoms. The first-order chi connectivity index (χ1) is 8.88. The molecule has 1 heterocycles. The quantitative estimate of drug-likeness (QED) is 0.831. The van der Waals surface area contributed by atoms with Crippen molar-refractivity contribution in [2.24, 2.45) is 0 Å².